The highest BCUT2D eigenvalue weighted by Gasteiger charge is 2.43. The highest BCUT2D eigenvalue weighted by atomic mass is 16.5. The molecular weight excluding hydrogens is 468 g/mol. The van der Waals surface area contributed by atoms with Crippen molar-refractivity contribution >= 4 is 0 Å². The lowest BCUT2D eigenvalue weighted by molar-refractivity contribution is -0.0204. The molecule has 0 radical (unpaired) electrons. The number of hydrogen-bond donors (Lipinski definition) is 1. The van der Waals surface area contributed by atoms with Crippen LogP contribution >= 0.6 is 0 Å². The van der Waals surface area contributed by atoms with Crippen molar-refractivity contribution in [1.82, 2.24) is 9.80 Å². The summed E-state index contributed by atoms with van der Waals surface area (Å²) in [5.41, 5.74) is 3.99. The number of ether oxygens (including phenoxy) is 1. The SMILES string of the molecule is COc1cccc2c1C[C@H]1C[C@@H](CN3CCC(C(O)(c4ccccc4)c4ccccc4)CC3)CN(C)[C@@H]1C2. The minimum Gasteiger partial charge on any atom is -0.496 e. The number of nitrogens with zero attached hydrogens (tertiary/aromatic N) is 2. The normalized spacial score (nSPS) is 25.0. The first-order chi connectivity index (χ1) is 18.6. The zero-order valence-electron chi connectivity index (χ0n) is 22.9. The molecular formula is C34H42N2O2. The molecule has 0 amide bonds. The van der Waals surface area contributed by atoms with Crippen molar-refractivity contribution in [2.45, 2.75) is 43.7 Å². The molecule has 6 rings (SSSR count). The third-order valence-electron chi connectivity index (χ3n) is 9.76. The Kier molecular flexibility index (Phi) is 7.31. The number of methoxy groups -OCH3 is 1. The van der Waals surface area contributed by atoms with E-state index in [1.54, 1.807) is 7.11 Å². The van der Waals surface area contributed by atoms with Gasteiger partial charge in [0.1, 0.15) is 11.4 Å². The summed E-state index contributed by atoms with van der Waals surface area (Å²) in [4.78, 5) is 5.31. The average molecular weight is 511 g/mol. The standard InChI is InChI=1S/C34H42N2O2/c1-35-23-25(20-27-21-31-26(22-32(27)35)10-9-15-33(31)38-2)24-36-18-16-30(17-19-36)34(37,28-11-5-3-6-12-28)29-13-7-4-8-14-29/h3-15,25,27,30,32,37H,16-24H2,1-2H3/t25-,27-,32-/m1/s1. The van der Waals surface area contributed by atoms with E-state index in [1.165, 1.54) is 24.1 Å². The predicted molar refractivity (Wildman–Crippen MR) is 153 cm³/mol. The number of likely N-dealkylation sites (N-methyl/N-ethyl adjacent to an activating group) is 1. The third-order valence-corrected chi connectivity index (χ3v) is 9.76. The van der Waals surface area contributed by atoms with E-state index in [-0.39, 0.29) is 5.92 Å². The second kappa shape index (κ2) is 10.8. The van der Waals surface area contributed by atoms with Gasteiger partial charge >= 0.3 is 0 Å². The van der Waals surface area contributed by atoms with Crippen molar-refractivity contribution in [3.8, 4) is 5.75 Å². The van der Waals surface area contributed by atoms with E-state index in [4.69, 9.17) is 4.74 Å². The van der Waals surface area contributed by atoms with Crippen LogP contribution in [0.2, 0.25) is 0 Å². The summed E-state index contributed by atoms with van der Waals surface area (Å²) < 4.78 is 5.73. The smallest absolute Gasteiger partial charge is 0.122 e. The Labute approximate surface area is 228 Å². The number of rotatable bonds is 6. The molecule has 3 aromatic carbocycles. The van der Waals surface area contributed by atoms with Crippen molar-refractivity contribution in [3.05, 3.63) is 101 Å². The quantitative estimate of drug-likeness (QED) is 0.483. The van der Waals surface area contributed by atoms with Crippen LogP contribution in [0.25, 0.3) is 0 Å². The summed E-state index contributed by atoms with van der Waals surface area (Å²) in [7, 11) is 4.14. The van der Waals surface area contributed by atoms with Crippen molar-refractivity contribution in [2.75, 3.05) is 40.3 Å². The van der Waals surface area contributed by atoms with Crippen LogP contribution < -0.4 is 4.74 Å². The van der Waals surface area contributed by atoms with E-state index in [2.05, 4.69) is 59.3 Å². The fraction of sp³-hybridized carbons (Fsp3) is 0.471. The highest BCUT2D eigenvalue weighted by Crippen LogP contribution is 2.43. The van der Waals surface area contributed by atoms with Gasteiger partial charge in [-0.15, -0.1) is 0 Å². The lowest BCUT2D eigenvalue weighted by atomic mass is 9.71. The predicted octanol–water partition coefficient (Wildman–Crippen LogP) is 5.38. The maximum Gasteiger partial charge on any atom is 0.122 e. The Morgan fingerprint density at radius 2 is 1.53 bits per heavy atom. The Balaban J connectivity index is 1.12. The van der Waals surface area contributed by atoms with Crippen LogP contribution in [0.1, 0.15) is 41.5 Å². The van der Waals surface area contributed by atoms with Gasteiger partial charge in [0.25, 0.3) is 0 Å². The molecule has 2 aliphatic heterocycles. The van der Waals surface area contributed by atoms with Gasteiger partial charge in [-0.3, -0.25) is 0 Å². The molecule has 200 valence electrons. The average Bonchev–Trinajstić information content (AvgIpc) is 2.97. The molecule has 2 fully saturated rings. The molecule has 0 spiro atoms. The molecule has 2 saturated heterocycles. The lowest BCUT2D eigenvalue weighted by Crippen LogP contribution is -2.53. The Morgan fingerprint density at radius 1 is 0.868 bits per heavy atom. The maximum atomic E-state index is 12.2. The maximum absolute atomic E-state index is 12.2. The fourth-order valence-corrected chi connectivity index (χ4v) is 7.87. The second-order valence-corrected chi connectivity index (χ2v) is 11.9. The molecule has 3 atom stereocenters. The number of aliphatic hydroxyl groups is 1. The Morgan fingerprint density at radius 3 is 2.16 bits per heavy atom. The molecule has 1 N–H and O–H groups in total. The summed E-state index contributed by atoms with van der Waals surface area (Å²) in [6.45, 7) is 4.45. The van der Waals surface area contributed by atoms with Crippen LogP contribution in [0.5, 0.6) is 5.75 Å². The van der Waals surface area contributed by atoms with Crippen LogP contribution in [0.3, 0.4) is 0 Å². The van der Waals surface area contributed by atoms with E-state index in [0.717, 1.165) is 62.2 Å². The molecule has 3 aromatic rings. The minimum atomic E-state index is -0.943. The number of piperidine rings is 2. The zero-order chi connectivity index (χ0) is 26.1. The summed E-state index contributed by atoms with van der Waals surface area (Å²) in [5, 5.41) is 12.2. The fourth-order valence-electron chi connectivity index (χ4n) is 7.87. The highest BCUT2D eigenvalue weighted by molar-refractivity contribution is 5.43. The first-order valence-corrected chi connectivity index (χ1v) is 14.5. The first kappa shape index (κ1) is 25.6. The van der Waals surface area contributed by atoms with Crippen LogP contribution in [0.4, 0.5) is 0 Å². The summed E-state index contributed by atoms with van der Waals surface area (Å²) in [5.74, 6) is 2.67. The number of likely N-dealkylation sites (tertiary alicyclic amines) is 2. The van der Waals surface area contributed by atoms with Crippen LogP contribution in [0, 0.1) is 17.8 Å². The molecule has 4 heteroatoms. The molecule has 4 nitrogen and oxygen atoms in total. The van der Waals surface area contributed by atoms with Gasteiger partial charge in [-0.2, -0.15) is 0 Å². The zero-order valence-corrected chi connectivity index (χ0v) is 22.9. The summed E-state index contributed by atoms with van der Waals surface area (Å²) in [6, 6.07) is 27.8. The van der Waals surface area contributed by atoms with Gasteiger partial charge in [0, 0.05) is 19.1 Å². The number of benzene rings is 3. The van der Waals surface area contributed by atoms with Gasteiger partial charge < -0.3 is 19.6 Å². The molecule has 0 unspecified atom stereocenters. The lowest BCUT2D eigenvalue weighted by Gasteiger charge is -2.48. The minimum absolute atomic E-state index is 0.212. The van der Waals surface area contributed by atoms with Gasteiger partial charge in [-0.05, 0) is 98.3 Å². The van der Waals surface area contributed by atoms with Gasteiger partial charge in [0.2, 0.25) is 0 Å². The van der Waals surface area contributed by atoms with E-state index >= 15 is 0 Å². The summed E-state index contributed by atoms with van der Waals surface area (Å²) >= 11 is 0. The van der Waals surface area contributed by atoms with E-state index in [9.17, 15) is 5.11 Å². The first-order valence-electron chi connectivity index (χ1n) is 14.5. The van der Waals surface area contributed by atoms with E-state index in [0.29, 0.717) is 17.9 Å². The van der Waals surface area contributed by atoms with Gasteiger partial charge in [-0.1, -0.05) is 72.8 Å². The molecule has 0 bridgehead atoms. The second-order valence-electron chi connectivity index (χ2n) is 11.9. The monoisotopic (exact) mass is 510 g/mol. The van der Waals surface area contributed by atoms with Crippen LogP contribution in [-0.2, 0) is 18.4 Å². The van der Waals surface area contributed by atoms with Crippen molar-refractivity contribution in [2.24, 2.45) is 17.8 Å². The van der Waals surface area contributed by atoms with E-state index < -0.39 is 5.60 Å². The number of fused-ring (bicyclic) bond motifs is 2. The summed E-state index contributed by atoms with van der Waals surface area (Å²) in [6.07, 6.45) is 5.60. The molecule has 38 heavy (non-hydrogen) atoms. The van der Waals surface area contributed by atoms with E-state index in [1.807, 2.05) is 36.4 Å². The van der Waals surface area contributed by atoms with Gasteiger partial charge in [0.05, 0.1) is 7.11 Å². The van der Waals surface area contributed by atoms with Gasteiger partial charge in [-0.25, -0.2) is 0 Å². The molecule has 1 aliphatic carbocycles. The third kappa shape index (κ3) is 4.79. The van der Waals surface area contributed by atoms with Gasteiger partial charge in [0.15, 0.2) is 0 Å². The van der Waals surface area contributed by atoms with Crippen LogP contribution in [-0.4, -0.2) is 61.3 Å². The molecule has 0 saturated carbocycles. The topological polar surface area (TPSA) is 35.9 Å². The largest absolute Gasteiger partial charge is 0.496 e. The van der Waals surface area contributed by atoms with Crippen molar-refractivity contribution in [3.63, 3.8) is 0 Å². The van der Waals surface area contributed by atoms with Crippen LogP contribution in [0.15, 0.2) is 78.9 Å². The number of hydrogen-bond acceptors (Lipinski definition) is 4. The van der Waals surface area contributed by atoms with Crippen molar-refractivity contribution < 1.29 is 9.84 Å². The Hall–Kier alpha value is -2.66. The molecule has 0 aromatic heterocycles. The molecule has 3 aliphatic rings. The van der Waals surface area contributed by atoms with Crippen molar-refractivity contribution in [1.29, 1.82) is 0 Å². The molecule has 2 heterocycles. The Bertz CT molecular complexity index is 1170.